The Morgan fingerprint density at radius 3 is 2.57 bits per heavy atom. The largest absolute Gasteiger partial charge is 0.260 e. The molecule has 0 unspecified atom stereocenters. The van der Waals surface area contributed by atoms with Crippen LogP contribution < -0.4 is 0 Å². The lowest BCUT2D eigenvalue weighted by molar-refractivity contribution is -0.0394. The van der Waals surface area contributed by atoms with Gasteiger partial charge in [-0.2, -0.15) is 0 Å². The van der Waals surface area contributed by atoms with Crippen molar-refractivity contribution in [2.24, 2.45) is 15.9 Å². The van der Waals surface area contributed by atoms with Crippen molar-refractivity contribution in [3.8, 4) is 0 Å². The van der Waals surface area contributed by atoms with Crippen molar-refractivity contribution >= 4 is 11.5 Å². The van der Waals surface area contributed by atoms with Gasteiger partial charge in [-0.1, -0.05) is 0 Å². The number of benzene rings is 1. The summed E-state index contributed by atoms with van der Waals surface area (Å²) >= 11 is 0. The molecule has 1 aliphatic heterocycles. The van der Waals surface area contributed by atoms with Gasteiger partial charge in [0.25, 0.3) is 0 Å². The molecule has 3 rings (SSSR count). The van der Waals surface area contributed by atoms with Crippen molar-refractivity contribution in [3.63, 3.8) is 0 Å². The topological polar surface area (TPSA) is 24.7 Å². The van der Waals surface area contributed by atoms with Crippen LogP contribution in [-0.4, -0.2) is 24.0 Å². The second kappa shape index (κ2) is 5.28. The smallest absolute Gasteiger partial charge is 0.248 e. The molecule has 0 bridgehead atoms. The Bertz CT molecular complexity index is 610. The Labute approximate surface area is 121 Å². The normalized spacial score (nSPS) is 22.1. The highest BCUT2D eigenvalue weighted by molar-refractivity contribution is 6.12. The molecule has 0 N–H and O–H groups in total. The third kappa shape index (κ3) is 3.01. The van der Waals surface area contributed by atoms with E-state index in [2.05, 4.69) is 9.98 Å². The number of amidine groups is 1. The molecule has 0 atom stereocenters. The molecule has 1 heterocycles. The second-order valence-corrected chi connectivity index (χ2v) is 5.84. The summed E-state index contributed by atoms with van der Waals surface area (Å²) in [5, 5.41) is 0. The molecular weight excluding hydrogens is 277 g/mol. The van der Waals surface area contributed by atoms with E-state index in [1.165, 1.54) is 6.07 Å². The molecule has 0 aromatic heterocycles. The third-order valence-electron chi connectivity index (χ3n) is 4.24. The number of hydrogen-bond donors (Lipinski definition) is 0. The summed E-state index contributed by atoms with van der Waals surface area (Å²) in [4.78, 5) is 8.87. The molecular formula is C16H17F3N2. The fourth-order valence-corrected chi connectivity index (χ4v) is 2.90. The highest BCUT2D eigenvalue weighted by Crippen LogP contribution is 2.37. The zero-order chi connectivity index (χ0) is 15.0. The molecule has 21 heavy (non-hydrogen) atoms. The molecule has 0 saturated heterocycles. The van der Waals surface area contributed by atoms with Crippen LogP contribution in [0.1, 0.15) is 36.8 Å². The molecule has 5 heteroatoms. The van der Waals surface area contributed by atoms with E-state index in [1.54, 1.807) is 19.1 Å². The molecule has 1 saturated carbocycles. The summed E-state index contributed by atoms with van der Waals surface area (Å²) < 4.78 is 39.6. The number of alkyl halides is 2. The molecule has 0 amide bonds. The van der Waals surface area contributed by atoms with E-state index in [0.29, 0.717) is 30.8 Å². The summed E-state index contributed by atoms with van der Waals surface area (Å²) in [6.07, 6.45) is 0.803. The molecule has 0 radical (unpaired) electrons. The van der Waals surface area contributed by atoms with E-state index >= 15 is 0 Å². The van der Waals surface area contributed by atoms with Crippen LogP contribution in [0.2, 0.25) is 0 Å². The van der Waals surface area contributed by atoms with Crippen LogP contribution in [0, 0.1) is 18.7 Å². The highest BCUT2D eigenvalue weighted by atomic mass is 19.3. The van der Waals surface area contributed by atoms with Gasteiger partial charge in [0.15, 0.2) is 5.84 Å². The second-order valence-electron chi connectivity index (χ2n) is 5.84. The van der Waals surface area contributed by atoms with Crippen molar-refractivity contribution in [1.82, 2.24) is 0 Å². The number of hydrogen-bond acceptors (Lipinski definition) is 2. The zero-order valence-corrected chi connectivity index (χ0v) is 11.9. The summed E-state index contributed by atoms with van der Waals surface area (Å²) in [6.45, 7) is 2.17. The number of rotatable bonds is 2. The van der Waals surface area contributed by atoms with Gasteiger partial charge in [0.1, 0.15) is 5.82 Å². The third-order valence-corrected chi connectivity index (χ3v) is 4.24. The lowest BCUT2D eigenvalue weighted by Gasteiger charge is -2.27. The van der Waals surface area contributed by atoms with E-state index in [1.807, 2.05) is 0 Å². The average molecular weight is 294 g/mol. The minimum absolute atomic E-state index is 0.0678. The Kier molecular flexibility index (Phi) is 3.59. The van der Waals surface area contributed by atoms with Gasteiger partial charge in [0.2, 0.25) is 5.92 Å². The van der Waals surface area contributed by atoms with Crippen LogP contribution in [0.15, 0.2) is 28.2 Å². The molecule has 1 aromatic carbocycles. The van der Waals surface area contributed by atoms with Crippen LogP contribution in [0.5, 0.6) is 0 Å². The Morgan fingerprint density at radius 2 is 1.90 bits per heavy atom. The van der Waals surface area contributed by atoms with Crippen LogP contribution >= 0.6 is 0 Å². The van der Waals surface area contributed by atoms with Gasteiger partial charge in [-0.3, -0.25) is 4.99 Å². The zero-order valence-electron chi connectivity index (χ0n) is 11.9. The van der Waals surface area contributed by atoms with E-state index in [9.17, 15) is 13.2 Å². The Balaban J connectivity index is 1.73. The Hall–Kier alpha value is -1.65. The molecule has 1 aromatic rings. The van der Waals surface area contributed by atoms with E-state index in [-0.39, 0.29) is 24.6 Å². The van der Waals surface area contributed by atoms with Crippen molar-refractivity contribution < 1.29 is 13.2 Å². The van der Waals surface area contributed by atoms with Crippen LogP contribution in [-0.2, 0) is 0 Å². The molecule has 0 spiro atoms. The van der Waals surface area contributed by atoms with Gasteiger partial charge in [-0.15, -0.1) is 0 Å². The maximum absolute atomic E-state index is 13.3. The maximum atomic E-state index is 13.3. The standard InChI is InChI=1S/C16H17F3N2/c1-10-8-12(2-3-13(10)17)15-20-9-14(21-15)11-4-6-16(18,19)7-5-11/h2-3,8,11H,4-7,9H2,1H3. The fraction of sp³-hybridized carbons (Fsp3) is 0.500. The minimum Gasteiger partial charge on any atom is -0.260 e. The molecule has 1 fully saturated rings. The van der Waals surface area contributed by atoms with Crippen molar-refractivity contribution in [1.29, 1.82) is 0 Å². The van der Waals surface area contributed by atoms with Gasteiger partial charge < -0.3 is 0 Å². The average Bonchev–Trinajstić information content (AvgIpc) is 2.91. The van der Waals surface area contributed by atoms with E-state index < -0.39 is 5.92 Å². The lowest BCUT2D eigenvalue weighted by atomic mass is 9.84. The van der Waals surface area contributed by atoms with E-state index in [4.69, 9.17) is 0 Å². The summed E-state index contributed by atoms with van der Waals surface area (Å²) in [5.74, 6) is -2.08. The Morgan fingerprint density at radius 1 is 1.19 bits per heavy atom. The first-order valence-corrected chi connectivity index (χ1v) is 7.21. The quantitative estimate of drug-likeness (QED) is 0.782. The van der Waals surface area contributed by atoms with Crippen LogP contribution in [0.25, 0.3) is 0 Å². The van der Waals surface area contributed by atoms with Gasteiger partial charge in [-0.05, 0) is 49.4 Å². The lowest BCUT2D eigenvalue weighted by Crippen LogP contribution is -2.29. The fourth-order valence-electron chi connectivity index (χ4n) is 2.90. The highest BCUT2D eigenvalue weighted by Gasteiger charge is 2.37. The summed E-state index contributed by atoms with van der Waals surface area (Å²) in [6, 6.07) is 4.78. The SMILES string of the molecule is Cc1cc(C2=NCC(C3CCC(F)(F)CC3)=N2)ccc1F. The first-order chi connectivity index (χ1) is 9.94. The van der Waals surface area contributed by atoms with Crippen molar-refractivity contribution in [3.05, 3.63) is 35.1 Å². The monoisotopic (exact) mass is 294 g/mol. The van der Waals surface area contributed by atoms with Gasteiger partial charge >= 0.3 is 0 Å². The first-order valence-electron chi connectivity index (χ1n) is 7.21. The van der Waals surface area contributed by atoms with Gasteiger partial charge in [0.05, 0.1) is 6.54 Å². The van der Waals surface area contributed by atoms with Gasteiger partial charge in [0, 0.05) is 24.1 Å². The van der Waals surface area contributed by atoms with Gasteiger partial charge in [-0.25, -0.2) is 18.2 Å². The number of halogens is 3. The first kappa shape index (κ1) is 14.3. The molecule has 112 valence electrons. The number of nitrogens with zero attached hydrogens (tertiary/aromatic N) is 2. The predicted molar refractivity (Wildman–Crippen MR) is 76.9 cm³/mol. The maximum Gasteiger partial charge on any atom is 0.248 e. The number of aryl methyl sites for hydroxylation is 1. The summed E-state index contributed by atoms with van der Waals surface area (Å²) in [7, 11) is 0. The minimum atomic E-state index is -2.52. The summed E-state index contributed by atoms with van der Waals surface area (Å²) in [5.41, 5.74) is 2.23. The van der Waals surface area contributed by atoms with E-state index in [0.717, 1.165) is 11.3 Å². The van der Waals surface area contributed by atoms with Crippen LogP contribution in [0.3, 0.4) is 0 Å². The van der Waals surface area contributed by atoms with Crippen molar-refractivity contribution in [2.45, 2.75) is 38.5 Å². The molecule has 2 nitrogen and oxygen atoms in total. The van der Waals surface area contributed by atoms with Crippen LogP contribution in [0.4, 0.5) is 13.2 Å². The molecule has 2 aliphatic rings. The molecule has 1 aliphatic carbocycles. The van der Waals surface area contributed by atoms with Crippen molar-refractivity contribution in [2.75, 3.05) is 6.54 Å². The number of aliphatic imine (C=N–C) groups is 2. The predicted octanol–water partition coefficient (Wildman–Crippen LogP) is 4.16.